The number of nitrogen functional groups attached to an aromatic ring is 1. The molecule has 0 spiro atoms. The van der Waals surface area contributed by atoms with Gasteiger partial charge in [0.25, 0.3) is 0 Å². The van der Waals surface area contributed by atoms with Crippen LogP contribution in [0.3, 0.4) is 0 Å². The molecule has 0 radical (unpaired) electrons. The standard InChI is InChI=1S/C14H21N3O2/c1-17-8-6-10(7-9-17)16-13-11(14(18)19-2)4-3-5-12(13)15/h3-5,10,16H,6-9,15H2,1-2H3. The SMILES string of the molecule is COC(=O)c1cccc(N)c1NC1CCN(C)CC1. The Balaban J connectivity index is 2.17. The Kier molecular flexibility index (Phi) is 4.27. The molecule has 1 aliphatic rings. The molecule has 19 heavy (non-hydrogen) atoms. The number of methoxy groups -OCH3 is 1. The van der Waals surface area contributed by atoms with Crippen molar-refractivity contribution in [3.05, 3.63) is 23.8 Å². The maximum Gasteiger partial charge on any atom is 0.340 e. The van der Waals surface area contributed by atoms with Gasteiger partial charge in [0.2, 0.25) is 0 Å². The summed E-state index contributed by atoms with van der Waals surface area (Å²) in [5.74, 6) is -0.359. The third kappa shape index (κ3) is 3.17. The summed E-state index contributed by atoms with van der Waals surface area (Å²) in [6.45, 7) is 2.11. The van der Waals surface area contributed by atoms with Crippen LogP contribution < -0.4 is 11.1 Å². The van der Waals surface area contributed by atoms with Gasteiger partial charge in [-0.3, -0.25) is 0 Å². The van der Waals surface area contributed by atoms with Crippen LogP contribution in [0.4, 0.5) is 11.4 Å². The van der Waals surface area contributed by atoms with Crippen LogP contribution in [0.2, 0.25) is 0 Å². The van der Waals surface area contributed by atoms with Gasteiger partial charge in [-0.1, -0.05) is 6.07 Å². The summed E-state index contributed by atoms with van der Waals surface area (Å²) in [5, 5.41) is 3.40. The van der Waals surface area contributed by atoms with Crippen molar-refractivity contribution in [2.45, 2.75) is 18.9 Å². The fourth-order valence-corrected chi connectivity index (χ4v) is 2.37. The fraction of sp³-hybridized carbons (Fsp3) is 0.500. The molecular formula is C14H21N3O2. The molecule has 1 saturated heterocycles. The Labute approximate surface area is 113 Å². The number of esters is 1. The van der Waals surface area contributed by atoms with Crippen LogP contribution in [-0.2, 0) is 4.74 Å². The largest absolute Gasteiger partial charge is 0.465 e. The summed E-state index contributed by atoms with van der Waals surface area (Å²) in [6, 6.07) is 5.65. The van der Waals surface area contributed by atoms with E-state index in [-0.39, 0.29) is 5.97 Å². The summed E-state index contributed by atoms with van der Waals surface area (Å²) < 4.78 is 4.80. The smallest absolute Gasteiger partial charge is 0.340 e. The predicted molar refractivity (Wildman–Crippen MR) is 76.3 cm³/mol. The summed E-state index contributed by atoms with van der Waals surface area (Å²) in [7, 11) is 3.50. The van der Waals surface area contributed by atoms with Gasteiger partial charge in [0.15, 0.2) is 0 Å². The van der Waals surface area contributed by atoms with Crippen molar-refractivity contribution in [3.8, 4) is 0 Å². The number of likely N-dealkylation sites (tertiary alicyclic amines) is 1. The van der Waals surface area contributed by atoms with Crippen LogP contribution in [0.15, 0.2) is 18.2 Å². The maximum atomic E-state index is 11.8. The second kappa shape index (κ2) is 5.93. The minimum absolute atomic E-state index is 0.351. The number of benzene rings is 1. The molecule has 0 aliphatic carbocycles. The lowest BCUT2D eigenvalue weighted by Crippen LogP contribution is -2.37. The third-order valence-electron chi connectivity index (χ3n) is 3.57. The van der Waals surface area contributed by atoms with E-state index in [1.165, 1.54) is 7.11 Å². The molecule has 0 aromatic heterocycles. The number of carbonyl (C=O) groups excluding carboxylic acids is 1. The summed E-state index contributed by atoms with van der Waals surface area (Å²) in [4.78, 5) is 14.1. The van der Waals surface area contributed by atoms with Crippen LogP contribution in [0, 0.1) is 0 Å². The van der Waals surface area contributed by atoms with Crippen molar-refractivity contribution in [1.29, 1.82) is 0 Å². The van der Waals surface area contributed by atoms with Crippen LogP contribution in [0.1, 0.15) is 23.2 Å². The van der Waals surface area contributed by atoms with E-state index in [0.29, 0.717) is 23.0 Å². The topological polar surface area (TPSA) is 67.6 Å². The van der Waals surface area contributed by atoms with Gasteiger partial charge in [0.1, 0.15) is 0 Å². The first-order chi connectivity index (χ1) is 9.11. The van der Waals surface area contributed by atoms with Crippen molar-refractivity contribution in [1.82, 2.24) is 4.90 Å². The van der Waals surface area contributed by atoms with Crippen LogP contribution in [0.5, 0.6) is 0 Å². The molecule has 104 valence electrons. The van der Waals surface area contributed by atoms with Crippen LogP contribution >= 0.6 is 0 Å². The average Bonchev–Trinajstić information content (AvgIpc) is 2.42. The number of carbonyl (C=O) groups is 1. The van der Waals surface area contributed by atoms with Gasteiger partial charge in [-0.2, -0.15) is 0 Å². The molecule has 0 amide bonds. The Morgan fingerprint density at radius 2 is 2.11 bits per heavy atom. The van der Waals surface area contributed by atoms with E-state index in [1.807, 2.05) is 0 Å². The van der Waals surface area contributed by atoms with Gasteiger partial charge in [-0.25, -0.2) is 4.79 Å². The first-order valence-electron chi connectivity index (χ1n) is 6.53. The summed E-state index contributed by atoms with van der Waals surface area (Å²) in [6.07, 6.45) is 2.09. The minimum Gasteiger partial charge on any atom is -0.465 e. The number of nitrogens with one attached hydrogen (secondary N) is 1. The van der Waals surface area contributed by atoms with Crippen molar-refractivity contribution in [2.75, 3.05) is 38.3 Å². The minimum atomic E-state index is -0.359. The molecule has 5 nitrogen and oxygen atoms in total. The van der Waals surface area contributed by atoms with E-state index >= 15 is 0 Å². The Morgan fingerprint density at radius 1 is 1.42 bits per heavy atom. The molecule has 0 saturated carbocycles. The van der Waals surface area contributed by atoms with Gasteiger partial charge in [0.05, 0.1) is 24.0 Å². The average molecular weight is 263 g/mol. The first-order valence-corrected chi connectivity index (χ1v) is 6.53. The van der Waals surface area contributed by atoms with Crippen molar-refractivity contribution in [2.24, 2.45) is 0 Å². The van der Waals surface area contributed by atoms with Crippen molar-refractivity contribution < 1.29 is 9.53 Å². The lowest BCUT2D eigenvalue weighted by Gasteiger charge is -2.31. The normalized spacial score (nSPS) is 17.2. The maximum absolute atomic E-state index is 11.8. The predicted octanol–water partition coefficient (Wildman–Crippen LogP) is 1.56. The molecule has 5 heteroatoms. The van der Waals surface area contributed by atoms with E-state index in [9.17, 15) is 4.79 Å². The molecule has 0 unspecified atom stereocenters. The number of nitrogens with two attached hydrogens (primary N) is 1. The summed E-state index contributed by atoms with van der Waals surface area (Å²) in [5.41, 5.74) is 7.76. The zero-order chi connectivity index (χ0) is 13.8. The van der Waals surface area contributed by atoms with Gasteiger partial charge in [0, 0.05) is 6.04 Å². The molecule has 1 fully saturated rings. The number of nitrogens with zero attached hydrogens (tertiary/aromatic N) is 1. The highest BCUT2D eigenvalue weighted by atomic mass is 16.5. The first kappa shape index (κ1) is 13.7. The van der Waals surface area contributed by atoms with E-state index in [4.69, 9.17) is 10.5 Å². The monoisotopic (exact) mass is 263 g/mol. The van der Waals surface area contributed by atoms with Crippen LogP contribution in [-0.4, -0.2) is 44.2 Å². The summed E-state index contributed by atoms with van der Waals surface area (Å²) >= 11 is 0. The third-order valence-corrected chi connectivity index (χ3v) is 3.57. The number of para-hydroxylation sites is 1. The van der Waals surface area contributed by atoms with Crippen LogP contribution in [0.25, 0.3) is 0 Å². The molecule has 3 N–H and O–H groups in total. The zero-order valence-corrected chi connectivity index (χ0v) is 11.5. The second-order valence-corrected chi connectivity index (χ2v) is 4.98. The van der Waals surface area contributed by atoms with E-state index in [1.54, 1.807) is 18.2 Å². The zero-order valence-electron chi connectivity index (χ0n) is 11.5. The number of ether oxygens (including phenoxy) is 1. The second-order valence-electron chi connectivity index (χ2n) is 4.98. The Hall–Kier alpha value is -1.75. The number of hydrogen-bond acceptors (Lipinski definition) is 5. The Bertz CT molecular complexity index is 454. The molecule has 0 bridgehead atoms. The highest BCUT2D eigenvalue weighted by molar-refractivity contribution is 5.98. The number of hydrogen-bond donors (Lipinski definition) is 2. The van der Waals surface area contributed by atoms with E-state index in [0.717, 1.165) is 25.9 Å². The van der Waals surface area contributed by atoms with E-state index in [2.05, 4.69) is 17.3 Å². The molecule has 1 aliphatic heterocycles. The lowest BCUT2D eigenvalue weighted by atomic mass is 10.0. The van der Waals surface area contributed by atoms with Crippen molar-refractivity contribution in [3.63, 3.8) is 0 Å². The molecule has 0 atom stereocenters. The number of rotatable bonds is 3. The molecule has 2 rings (SSSR count). The number of piperidine rings is 1. The number of anilines is 2. The van der Waals surface area contributed by atoms with Gasteiger partial charge < -0.3 is 20.7 Å². The molecular weight excluding hydrogens is 242 g/mol. The quantitative estimate of drug-likeness (QED) is 0.640. The lowest BCUT2D eigenvalue weighted by molar-refractivity contribution is 0.0602. The molecule has 1 heterocycles. The van der Waals surface area contributed by atoms with E-state index < -0.39 is 0 Å². The fourth-order valence-electron chi connectivity index (χ4n) is 2.37. The van der Waals surface area contributed by atoms with Gasteiger partial charge in [-0.05, 0) is 45.1 Å². The van der Waals surface area contributed by atoms with Gasteiger partial charge in [-0.15, -0.1) is 0 Å². The highest BCUT2D eigenvalue weighted by Crippen LogP contribution is 2.26. The molecule has 1 aromatic carbocycles. The van der Waals surface area contributed by atoms with Gasteiger partial charge >= 0.3 is 5.97 Å². The highest BCUT2D eigenvalue weighted by Gasteiger charge is 2.20. The molecule has 1 aromatic rings. The Morgan fingerprint density at radius 3 is 2.74 bits per heavy atom. The van der Waals surface area contributed by atoms with Crippen molar-refractivity contribution >= 4 is 17.3 Å².